The van der Waals surface area contributed by atoms with Gasteiger partial charge < -0.3 is 0 Å². The molecule has 1 aromatic carbocycles. The van der Waals surface area contributed by atoms with E-state index in [0.717, 1.165) is 30.1 Å². The summed E-state index contributed by atoms with van der Waals surface area (Å²) < 4.78 is 1.97. The van der Waals surface area contributed by atoms with Crippen LogP contribution >= 0.6 is 0 Å². The van der Waals surface area contributed by atoms with Gasteiger partial charge in [-0.3, -0.25) is 0 Å². The van der Waals surface area contributed by atoms with Crippen LogP contribution in [0.1, 0.15) is 42.2 Å². The molecular formula is C15H18N4. The number of aryl methyl sites for hydroxylation is 3. The Balaban J connectivity index is 2.31. The third-order valence-electron chi connectivity index (χ3n) is 3.22. The zero-order chi connectivity index (χ0) is 13.8. The Bertz CT molecular complexity index is 620. The first-order valence-corrected chi connectivity index (χ1v) is 6.60. The second-order valence-electron chi connectivity index (χ2n) is 4.56. The number of nitrogens with zero attached hydrogens (tertiary/aromatic N) is 4. The SMILES string of the molecule is CCc1nc(CC)n(Cc2ccc(C#N)cc2C)n1. The van der Waals surface area contributed by atoms with E-state index in [1.54, 1.807) is 0 Å². The van der Waals surface area contributed by atoms with Crippen LogP contribution in [0, 0.1) is 18.3 Å². The maximum atomic E-state index is 8.88. The van der Waals surface area contributed by atoms with Gasteiger partial charge in [0.1, 0.15) is 5.82 Å². The van der Waals surface area contributed by atoms with Crippen molar-refractivity contribution in [1.29, 1.82) is 5.26 Å². The Morgan fingerprint density at radius 2 is 2.05 bits per heavy atom. The highest BCUT2D eigenvalue weighted by molar-refractivity contribution is 5.37. The van der Waals surface area contributed by atoms with E-state index >= 15 is 0 Å². The van der Waals surface area contributed by atoms with Crippen molar-refractivity contribution >= 4 is 0 Å². The lowest BCUT2D eigenvalue weighted by Gasteiger charge is -2.08. The van der Waals surface area contributed by atoms with Crippen LogP contribution in [-0.2, 0) is 19.4 Å². The fourth-order valence-corrected chi connectivity index (χ4v) is 2.07. The summed E-state index contributed by atoms with van der Waals surface area (Å²) in [5.74, 6) is 1.91. The summed E-state index contributed by atoms with van der Waals surface area (Å²) in [6.45, 7) is 6.89. The molecule has 0 saturated heterocycles. The predicted molar refractivity (Wildman–Crippen MR) is 73.8 cm³/mol. The molecule has 4 nitrogen and oxygen atoms in total. The molecule has 0 aliphatic rings. The molecule has 0 radical (unpaired) electrons. The number of rotatable bonds is 4. The molecule has 2 rings (SSSR count). The summed E-state index contributed by atoms with van der Waals surface area (Å²) in [4.78, 5) is 4.51. The third kappa shape index (κ3) is 2.82. The van der Waals surface area contributed by atoms with Crippen LogP contribution in [0.3, 0.4) is 0 Å². The fourth-order valence-electron chi connectivity index (χ4n) is 2.07. The van der Waals surface area contributed by atoms with Gasteiger partial charge >= 0.3 is 0 Å². The molecular weight excluding hydrogens is 236 g/mol. The van der Waals surface area contributed by atoms with E-state index in [0.29, 0.717) is 12.1 Å². The smallest absolute Gasteiger partial charge is 0.150 e. The van der Waals surface area contributed by atoms with Gasteiger partial charge in [0.05, 0.1) is 18.2 Å². The number of hydrogen-bond acceptors (Lipinski definition) is 3. The second kappa shape index (κ2) is 5.66. The Labute approximate surface area is 113 Å². The Morgan fingerprint density at radius 3 is 2.63 bits per heavy atom. The first kappa shape index (κ1) is 13.3. The van der Waals surface area contributed by atoms with Gasteiger partial charge in [0.15, 0.2) is 5.82 Å². The van der Waals surface area contributed by atoms with Crippen molar-refractivity contribution in [3.63, 3.8) is 0 Å². The molecule has 1 heterocycles. The van der Waals surface area contributed by atoms with E-state index in [9.17, 15) is 0 Å². The van der Waals surface area contributed by atoms with Crippen LogP contribution in [0.2, 0.25) is 0 Å². The fraction of sp³-hybridized carbons (Fsp3) is 0.400. The van der Waals surface area contributed by atoms with Crippen LogP contribution in [0.25, 0.3) is 0 Å². The average Bonchev–Trinajstić information content (AvgIpc) is 2.83. The van der Waals surface area contributed by atoms with Gasteiger partial charge in [-0.1, -0.05) is 19.9 Å². The van der Waals surface area contributed by atoms with Gasteiger partial charge in [-0.2, -0.15) is 10.4 Å². The highest BCUT2D eigenvalue weighted by Gasteiger charge is 2.09. The maximum Gasteiger partial charge on any atom is 0.150 e. The first-order valence-electron chi connectivity index (χ1n) is 6.60. The minimum atomic E-state index is 0.699. The van der Waals surface area contributed by atoms with Crippen LogP contribution in [0.4, 0.5) is 0 Å². The molecule has 4 heteroatoms. The van der Waals surface area contributed by atoms with Gasteiger partial charge in [-0.15, -0.1) is 0 Å². The van der Waals surface area contributed by atoms with E-state index in [-0.39, 0.29) is 0 Å². The molecule has 0 amide bonds. The standard InChI is InChI=1S/C15H18N4/c1-4-14-17-15(5-2)19(18-14)10-13-7-6-12(9-16)8-11(13)3/h6-8H,4-5,10H2,1-3H3. The zero-order valence-corrected chi connectivity index (χ0v) is 11.6. The zero-order valence-electron chi connectivity index (χ0n) is 11.6. The van der Waals surface area contributed by atoms with Crippen molar-refractivity contribution in [1.82, 2.24) is 14.8 Å². The monoisotopic (exact) mass is 254 g/mol. The largest absolute Gasteiger partial charge is 0.245 e. The lowest BCUT2D eigenvalue weighted by Crippen LogP contribution is -2.07. The van der Waals surface area contributed by atoms with Crippen molar-refractivity contribution in [2.45, 2.75) is 40.2 Å². The lowest BCUT2D eigenvalue weighted by molar-refractivity contribution is 0.635. The average molecular weight is 254 g/mol. The summed E-state index contributed by atoms with van der Waals surface area (Å²) in [6, 6.07) is 7.93. The van der Waals surface area contributed by atoms with Gasteiger partial charge in [-0.25, -0.2) is 9.67 Å². The second-order valence-corrected chi connectivity index (χ2v) is 4.56. The van der Waals surface area contributed by atoms with Crippen molar-refractivity contribution in [3.05, 3.63) is 46.5 Å². The number of aromatic nitrogens is 3. The van der Waals surface area contributed by atoms with Crippen LogP contribution in [-0.4, -0.2) is 14.8 Å². The highest BCUT2D eigenvalue weighted by atomic mass is 15.3. The number of nitriles is 1. The molecule has 98 valence electrons. The minimum absolute atomic E-state index is 0.699. The van der Waals surface area contributed by atoms with E-state index in [4.69, 9.17) is 5.26 Å². The molecule has 0 fully saturated rings. The quantitative estimate of drug-likeness (QED) is 0.842. The van der Waals surface area contributed by atoms with Crippen LogP contribution in [0.15, 0.2) is 18.2 Å². The molecule has 1 aromatic heterocycles. The highest BCUT2D eigenvalue weighted by Crippen LogP contribution is 2.13. The van der Waals surface area contributed by atoms with Crippen molar-refractivity contribution in [3.8, 4) is 6.07 Å². The maximum absolute atomic E-state index is 8.88. The van der Waals surface area contributed by atoms with Gasteiger partial charge in [0.2, 0.25) is 0 Å². The molecule has 0 bridgehead atoms. The Kier molecular flexibility index (Phi) is 3.96. The molecule has 0 aliphatic carbocycles. The molecule has 0 aliphatic heterocycles. The molecule has 0 N–H and O–H groups in total. The van der Waals surface area contributed by atoms with Gasteiger partial charge in [0.25, 0.3) is 0 Å². The Morgan fingerprint density at radius 1 is 1.26 bits per heavy atom. The third-order valence-corrected chi connectivity index (χ3v) is 3.22. The van der Waals surface area contributed by atoms with E-state index < -0.39 is 0 Å². The number of benzene rings is 1. The summed E-state index contributed by atoms with van der Waals surface area (Å²) in [5, 5.41) is 13.4. The lowest BCUT2D eigenvalue weighted by atomic mass is 10.1. The predicted octanol–water partition coefficient (Wildman–Crippen LogP) is 2.63. The van der Waals surface area contributed by atoms with Crippen LogP contribution < -0.4 is 0 Å². The summed E-state index contributed by atoms with van der Waals surface area (Å²) in [5.41, 5.74) is 3.00. The molecule has 0 atom stereocenters. The normalized spacial score (nSPS) is 10.4. The van der Waals surface area contributed by atoms with Gasteiger partial charge in [-0.05, 0) is 30.2 Å². The van der Waals surface area contributed by atoms with Gasteiger partial charge in [0, 0.05) is 12.8 Å². The van der Waals surface area contributed by atoms with E-state index in [2.05, 4.69) is 30.0 Å². The van der Waals surface area contributed by atoms with E-state index in [1.807, 2.05) is 29.8 Å². The molecule has 0 saturated carbocycles. The first-order chi connectivity index (χ1) is 9.17. The number of hydrogen-bond donors (Lipinski definition) is 0. The van der Waals surface area contributed by atoms with Crippen molar-refractivity contribution in [2.75, 3.05) is 0 Å². The summed E-state index contributed by atoms with van der Waals surface area (Å²) >= 11 is 0. The topological polar surface area (TPSA) is 54.5 Å². The Hall–Kier alpha value is -2.15. The molecule has 0 spiro atoms. The van der Waals surface area contributed by atoms with Crippen molar-refractivity contribution in [2.24, 2.45) is 0 Å². The van der Waals surface area contributed by atoms with Crippen LogP contribution in [0.5, 0.6) is 0 Å². The summed E-state index contributed by atoms with van der Waals surface area (Å²) in [7, 11) is 0. The van der Waals surface area contributed by atoms with Crippen molar-refractivity contribution < 1.29 is 0 Å². The molecule has 2 aromatic rings. The molecule has 19 heavy (non-hydrogen) atoms. The minimum Gasteiger partial charge on any atom is -0.245 e. The summed E-state index contributed by atoms with van der Waals surface area (Å²) in [6.07, 6.45) is 1.73. The van der Waals surface area contributed by atoms with E-state index in [1.165, 1.54) is 5.56 Å². The molecule has 0 unspecified atom stereocenters.